The monoisotopic (exact) mass is 353 g/mol. The summed E-state index contributed by atoms with van der Waals surface area (Å²) in [6.07, 6.45) is 5.01. The highest BCUT2D eigenvalue weighted by Crippen LogP contribution is 2.17. The number of amides is 1. The molecule has 0 spiro atoms. The molecular weight excluding hydrogens is 330 g/mol. The Morgan fingerprint density at radius 3 is 3.19 bits per heavy atom. The lowest BCUT2D eigenvalue weighted by Gasteiger charge is -2.07. The number of nitrogens with zero attached hydrogens (tertiary/aromatic N) is 3. The summed E-state index contributed by atoms with van der Waals surface area (Å²) in [6.45, 7) is 3.00. The number of benzene rings is 1. The third-order valence-electron chi connectivity index (χ3n) is 4.83. The number of hydrogen-bond acceptors (Lipinski definition) is 4. The van der Waals surface area contributed by atoms with Crippen LogP contribution in [0.3, 0.4) is 0 Å². The molecule has 0 bridgehead atoms. The maximum absolute atomic E-state index is 12.2. The van der Waals surface area contributed by atoms with E-state index in [-0.39, 0.29) is 5.91 Å². The van der Waals surface area contributed by atoms with Crippen LogP contribution in [0.4, 0.5) is 0 Å². The van der Waals surface area contributed by atoms with Crippen LogP contribution in [-0.4, -0.2) is 45.4 Å². The van der Waals surface area contributed by atoms with Gasteiger partial charge >= 0.3 is 0 Å². The first kappa shape index (κ1) is 16.8. The summed E-state index contributed by atoms with van der Waals surface area (Å²) < 4.78 is 7.41. The SMILES string of the molecule is O=C(NCCC[C@@H]1CCOC1)c1cc(Cn2cnc3ccccc32)[nH]n1. The molecule has 3 aromatic rings. The van der Waals surface area contributed by atoms with E-state index in [9.17, 15) is 4.79 Å². The molecule has 0 saturated carbocycles. The Balaban J connectivity index is 1.30. The Morgan fingerprint density at radius 2 is 2.31 bits per heavy atom. The van der Waals surface area contributed by atoms with Crippen molar-refractivity contribution in [2.24, 2.45) is 5.92 Å². The second-order valence-electron chi connectivity index (χ2n) is 6.77. The van der Waals surface area contributed by atoms with Crippen molar-refractivity contribution in [2.75, 3.05) is 19.8 Å². The first-order chi connectivity index (χ1) is 12.8. The first-order valence-electron chi connectivity index (χ1n) is 9.10. The maximum Gasteiger partial charge on any atom is 0.271 e. The van der Waals surface area contributed by atoms with E-state index in [1.807, 2.05) is 28.8 Å². The lowest BCUT2D eigenvalue weighted by atomic mass is 10.0. The summed E-state index contributed by atoms with van der Waals surface area (Å²) >= 11 is 0. The van der Waals surface area contributed by atoms with Crippen molar-refractivity contribution in [2.45, 2.75) is 25.8 Å². The lowest BCUT2D eigenvalue weighted by molar-refractivity contribution is 0.0947. The van der Waals surface area contributed by atoms with Crippen molar-refractivity contribution >= 4 is 16.9 Å². The fourth-order valence-electron chi connectivity index (χ4n) is 3.37. The Bertz CT molecular complexity index is 879. The number of aromatic nitrogens is 4. The number of carbonyl (C=O) groups excluding carboxylic acids is 1. The smallest absolute Gasteiger partial charge is 0.271 e. The number of rotatable bonds is 7. The number of ether oxygens (including phenoxy) is 1. The molecule has 7 nitrogen and oxygen atoms in total. The number of imidazole rings is 1. The highest BCUT2D eigenvalue weighted by atomic mass is 16.5. The number of para-hydroxylation sites is 2. The summed E-state index contributed by atoms with van der Waals surface area (Å²) in [7, 11) is 0. The van der Waals surface area contributed by atoms with Gasteiger partial charge in [0.1, 0.15) is 5.69 Å². The fourth-order valence-corrected chi connectivity index (χ4v) is 3.37. The second-order valence-corrected chi connectivity index (χ2v) is 6.77. The molecule has 2 N–H and O–H groups in total. The Kier molecular flexibility index (Phi) is 4.97. The number of aromatic amines is 1. The van der Waals surface area contributed by atoms with Crippen LogP contribution >= 0.6 is 0 Å². The van der Waals surface area contributed by atoms with Crippen LogP contribution in [0.2, 0.25) is 0 Å². The third-order valence-corrected chi connectivity index (χ3v) is 4.83. The molecule has 1 atom stereocenters. The van der Waals surface area contributed by atoms with Gasteiger partial charge < -0.3 is 14.6 Å². The minimum Gasteiger partial charge on any atom is -0.381 e. The molecule has 4 rings (SSSR count). The van der Waals surface area contributed by atoms with Crippen molar-refractivity contribution < 1.29 is 9.53 Å². The summed E-state index contributed by atoms with van der Waals surface area (Å²) in [6, 6.07) is 9.77. The summed E-state index contributed by atoms with van der Waals surface area (Å²) in [5, 5.41) is 10.0. The number of nitrogens with one attached hydrogen (secondary N) is 2. The van der Waals surface area contributed by atoms with Crippen molar-refractivity contribution in [3.05, 3.63) is 48.0 Å². The average Bonchev–Trinajstić information content (AvgIpc) is 3.41. The molecule has 1 fully saturated rings. The van der Waals surface area contributed by atoms with Crippen LogP contribution in [0.15, 0.2) is 36.7 Å². The van der Waals surface area contributed by atoms with Gasteiger partial charge in [-0.1, -0.05) is 12.1 Å². The molecule has 0 aliphatic carbocycles. The van der Waals surface area contributed by atoms with Gasteiger partial charge in [-0.05, 0) is 43.4 Å². The zero-order chi connectivity index (χ0) is 17.8. The molecule has 136 valence electrons. The van der Waals surface area contributed by atoms with Gasteiger partial charge in [0.15, 0.2) is 0 Å². The molecule has 26 heavy (non-hydrogen) atoms. The van der Waals surface area contributed by atoms with E-state index >= 15 is 0 Å². The van der Waals surface area contributed by atoms with Crippen LogP contribution in [-0.2, 0) is 11.3 Å². The van der Waals surface area contributed by atoms with Gasteiger partial charge in [0.2, 0.25) is 0 Å². The van der Waals surface area contributed by atoms with Crippen molar-refractivity contribution in [3.63, 3.8) is 0 Å². The van der Waals surface area contributed by atoms with Crippen molar-refractivity contribution in [1.82, 2.24) is 25.1 Å². The molecule has 1 aromatic carbocycles. The van der Waals surface area contributed by atoms with Crippen molar-refractivity contribution in [1.29, 1.82) is 0 Å². The molecule has 0 unspecified atom stereocenters. The number of carbonyl (C=O) groups is 1. The third kappa shape index (κ3) is 3.77. The standard InChI is InChI=1S/C19H23N5O2/c25-19(20-8-3-4-14-7-9-26-12-14)17-10-15(22-23-17)11-24-13-21-16-5-1-2-6-18(16)24/h1-2,5-6,10,13-14H,3-4,7-9,11-12H2,(H,20,25)(H,22,23)/t14-/m1/s1. The van der Waals surface area contributed by atoms with Gasteiger partial charge in [-0.2, -0.15) is 5.10 Å². The van der Waals surface area contributed by atoms with E-state index in [1.165, 1.54) is 0 Å². The van der Waals surface area contributed by atoms with E-state index in [0.717, 1.165) is 49.2 Å². The predicted molar refractivity (Wildman–Crippen MR) is 97.9 cm³/mol. The van der Waals surface area contributed by atoms with E-state index in [4.69, 9.17) is 4.74 Å². The van der Waals surface area contributed by atoms with Crippen molar-refractivity contribution in [3.8, 4) is 0 Å². The quantitative estimate of drug-likeness (QED) is 0.639. The lowest BCUT2D eigenvalue weighted by Crippen LogP contribution is -2.25. The zero-order valence-corrected chi connectivity index (χ0v) is 14.6. The highest BCUT2D eigenvalue weighted by molar-refractivity contribution is 5.92. The average molecular weight is 353 g/mol. The van der Waals surface area contributed by atoms with E-state index in [1.54, 1.807) is 12.4 Å². The zero-order valence-electron chi connectivity index (χ0n) is 14.6. The fraction of sp³-hybridized carbons (Fsp3) is 0.421. The van der Waals surface area contributed by atoms with Gasteiger partial charge in [-0.3, -0.25) is 9.89 Å². The van der Waals surface area contributed by atoms with Gasteiger partial charge in [-0.25, -0.2) is 4.98 Å². The summed E-state index contributed by atoms with van der Waals surface area (Å²) in [5.74, 6) is 0.513. The highest BCUT2D eigenvalue weighted by Gasteiger charge is 2.15. The molecule has 0 radical (unpaired) electrons. The van der Waals surface area contributed by atoms with Crippen LogP contribution in [0.1, 0.15) is 35.4 Å². The maximum atomic E-state index is 12.2. The summed E-state index contributed by atoms with van der Waals surface area (Å²) in [5.41, 5.74) is 3.32. The number of H-pyrrole nitrogens is 1. The van der Waals surface area contributed by atoms with E-state index in [2.05, 4.69) is 20.5 Å². The Morgan fingerprint density at radius 1 is 1.38 bits per heavy atom. The Hall–Kier alpha value is -2.67. The number of hydrogen-bond donors (Lipinski definition) is 2. The summed E-state index contributed by atoms with van der Waals surface area (Å²) in [4.78, 5) is 16.6. The molecule has 1 aliphatic rings. The normalized spacial score (nSPS) is 17.0. The first-order valence-corrected chi connectivity index (χ1v) is 9.10. The molecule has 1 saturated heterocycles. The molecular formula is C19H23N5O2. The largest absolute Gasteiger partial charge is 0.381 e. The van der Waals surface area contributed by atoms with Crippen LogP contribution in [0, 0.1) is 5.92 Å². The van der Waals surface area contributed by atoms with Crippen LogP contribution < -0.4 is 5.32 Å². The van der Waals surface area contributed by atoms with Gasteiger partial charge in [-0.15, -0.1) is 0 Å². The molecule has 7 heteroatoms. The minimum atomic E-state index is -0.134. The number of fused-ring (bicyclic) bond motifs is 1. The second kappa shape index (κ2) is 7.70. The molecule has 1 amide bonds. The molecule has 2 aromatic heterocycles. The minimum absolute atomic E-state index is 0.134. The van der Waals surface area contributed by atoms with Gasteiger partial charge in [0.25, 0.3) is 5.91 Å². The van der Waals surface area contributed by atoms with Crippen LogP contribution in [0.25, 0.3) is 11.0 Å². The van der Waals surface area contributed by atoms with E-state index < -0.39 is 0 Å². The molecule has 1 aliphatic heterocycles. The van der Waals surface area contributed by atoms with Gasteiger partial charge in [0.05, 0.1) is 29.6 Å². The van der Waals surface area contributed by atoms with Crippen LogP contribution in [0.5, 0.6) is 0 Å². The van der Waals surface area contributed by atoms with E-state index in [0.29, 0.717) is 24.7 Å². The predicted octanol–water partition coefficient (Wildman–Crippen LogP) is 2.35. The molecule has 3 heterocycles. The topological polar surface area (TPSA) is 84.8 Å². The van der Waals surface area contributed by atoms with Gasteiger partial charge in [0, 0.05) is 19.8 Å². The Labute approximate surface area is 151 Å².